The number of thioether (sulfide) groups is 1. The van der Waals surface area contributed by atoms with E-state index in [-0.39, 0.29) is 30.2 Å². The van der Waals surface area contributed by atoms with Crippen LogP contribution in [0.25, 0.3) is 0 Å². The summed E-state index contributed by atoms with van der Waals surface area (Å²) in [5.41, 5.74) is 1.81. The summed E-state index contributed by atoms with van der Waals surface area (Å²) in [4.78, 5) is 28.4. The summed E-state index contributed by atoms with van der Waals surface area (Å²) < 4.78 is 1.02. The molecule has 1 saturated carbocycles. The third-order valence-electron chi connectivity index (χ3n) is 6.14. The minimum atomic E-state index is -0.574. The monoisotopic (exact) mass is 584 g/mol. The Kier molecular flexibility index (Phi) is 11.1. The van der Waals surface area contributed by atoms with Crippen molar-refractivity contribution in [2.75, 3.05) is 5.75 Å². The Morgan fingerprint density at radius 1 is 1.09 bits per heavy atom. The van der Waals surface area contributed by atoms with Crippen molar-refractivity contribution in [1.82, 2.24) is 10.2 Å². The lowest BCUT2D eigenvalue weighted by molar-refractivity contribution is -0.139. The van der Waals surface area contributed by atoms with E-state index in [4.69, 9.17) is 23.2 Å². The van der Waals surface area contributed by atoms with Crippen LogP contribution in [0, 0.1) is 0 Å². The van der Waals surface area contributed by atoms with Crippen LogP contribution in [0.4, 0.5) is 0 Å². The summed E-state index contributed by atoms with van der Waals surface area (Å²) in [7, 11) is 0. The first kappa shape index (κ1) is 27.4. The van der Waals surface area contributed by atoms with E-state index in [1.807, 2.05) is 31.2 Å². The highest BCUT2D eigenvalue weighted by atomic mass is 79.9. The van der Waals surface area contributed by atoms with E-state index >= 15 is 0 Å². The Morgan fingerprint density at radius 2 is 1.74 bits per heavy atom. The zero-order chi connectivity index (χ0) is 24.5. The molecule has 0 heterocycles. The van der Waals surface area contributed by atoms with Gasteiger partial charge in [-0.25, -0.2) is 0 Å². The van der Waals surface area contributed by atoms with E-state index in [9.17, 15) is 9.59 Å². The number of halogens is 3. The predicted octanol–water partition coefficient (Wildman–Crippen LogP) is 7.25. The number of rotatable bonds is 10. The summed E-state index contributed by atoms with van der Waals surface area (Å²) in [5, 5.41) is 4.19. The zero-order valence-corrected chi connectivity index (χ0v) is 23.3. The fraction of sp³-hybridized carbons (Fsp3) is 0.462. The second-order valence-corrected chi connectivity index (χ2v) is 11.3. The average Bonchev–Trinajstić information content (AvgIpc) is 2.82. The van der Waals surface area contributed by atoms with Gasteiger partial charge in [-0.1, -0.05) is 83.5 Å². The molecule has 4 nitrogen and oxygen atoms in total. The first-order chi connectivity index (χ1) is 16.4. The van der Waals surface area contributed by atoms with Crippen LogP contribution in [0.1, 0.15) is 56.6 Å². The summed E-state index contributed by atoms with van der Waals surface area (Å²) in [5.74, 6) is 0.795. The van der Waals surface area contributed by atoms with Crippen molar-refractivity contribution < 1.29 is 9.59 Å². The van der Waals surface area contributed by atoms with Gasteiger partial charge < -0.3 is 10.2 Å². The lowest BCUT2D eigenvalue weighted by Crippen LogP contribution is -2.52. The van der Waals surface area contributed by atoms with Gasteiger partial charge in [0.1, 0.15) is 6.04 Å². The second-order valence-electron chi connectivity index (χ2n) is 8.61. The lowest BCUT2D eigenvalue weighted by atomic mass is 9.95. The summed E-state index contributed by atoms with van der Waals surface area (Å²) in [6.45, 7) is 2.14. The number of amides is 2. The zero-order valence-electron chi connectivity index (χ0n) is 19.4. The van der Waals surface area contributed by atoms with Crippen molar-refractivity contribution in [2.45, 2.75) is 69.8 Å². The van der Waals surface area contributed by atoms with Gasteiger partial charge in [0.15, 0.2) is 0 Å². The maximum absolute atomic E-state index is 13.4. The van der Waals surface area contributed by atoms with Crippen molar-refractivity contribution >= 4 is 62.7 Å². The Morgan fingerprint density at radius 3 is 2.35 bits per heavy atom. The molecule has 34 heavy (non-hydrogen) atoms. The quantitative estimate of drug-likeness (QED) is 0.319. The largest absolute Gasteiger partial charge is 0.352 e. The molecule has 0 aliphatic heterocycles. The van der Waals surface area contributed by atoms with Crippen LogP contribution < -0.4 is 5.32 Å². The highest BCUT2D eigenvalue weighted by Gasteiger charge is 2.31. The van der Waals surface area contributed by atoms with Crippen LogP contribution in [-0.4, -0.2) is 34.6 Å². The smallest absolute Gasteiger partial charge is 0.243 e. The molecule has 1 N–H and O–H groups in total. The van der Waals surface area contributed by atoms with E-state index in [0.717, 1.165) is 35.7 Å². The number of benzene rings is 2. The Balaban J connectivity index is 1.74. The number of carbonyl (C=O) groups excluding carboxylic acids is 2. The normalized spacial score (nSPS) is 15.1. The third kappa shape index (κ3) is 7.91. The SMILES string of the molecule is CC[C@H](C(=O)NC1CCCCC1)N(Cc1c(Cl)cccc1Cl)C(=O)CSCc1ccc(Br)cc1. The van der Waals surface area contributed by atoms with Gasteiger partial charge in [0.05, 0.1) is 5.75 Å². The first-order valence-electron chi connectivity index (χ1n) is 11.7. The van der Waals surface area contributed by atoms with Gasteiger partial charge in [-0.15, -0.1) is 11.8 Å². The molecule has 3 rings (SSSR count). The summed E-state index contributed by atoms with van der Waals surface area (Å²) in [6, 6.07) is 13.0. The van der Waals surface area contributed by atoms with Gasteiger partial charge in [0.2, 0.25) is 11.8 Å². The van der Waals surface area contributed by atoms with Gasteiger partial charge in [-0.3, -0.25) is 9.59 Å². The Hall–Kier alpha value is -1.21. The van der Waals surface area contributed by atoms with Crippen LogP contribution in [-0.2, 0) is 21.9 Å². The molecule has 1 aliphatic carbocycles. The topological polar surface area (TPSA) is 49.4 Å². The van der Waals surface area contributed by atoms with Crippen LogP contribution >= 0.6 is 50.9 Å². The second kappa shape index (κ2) is 13.8. The molecule has 2 amide bonds. The van der Waals surface area contributed by atoms with Crippen LogP contribution in [0.15, 0.2) is 46.9 Å². The van der Waals surface area contributed by atoms with Gasteiger partial charge in [-0.2, -0.15) is 0 Å². The molecule has 0 spiro atoms. The molecule has 8 heteroatoms. The molecule has 2 aromatic rings. The van der Waals surface area contributed by atoms with Crippen LogP contribution in [0.3, 0.4) is 0 Å². The minimum absolute atomic E-state index is 0.0937. The first-order valence-corrected chi connectivity index (χ1v) is 14.4. The standard InChI is InChI=1S/C26H31BrCl2N2O2S/c1-2-24(26(33)30-20-7-4-3-5-8-20)31(15-21-22(28)9-6-10-23(21)29)25(32)17-34-16-18-11-13-19(27)14-12-18/h6,9-14,20,24H,2-5,7-8,15-17H2,1H3,(H,30,33)/t24-/m1/s1. The average molecular weight is 586 g/mol. The fourth-order valence-electron chi connectivity index (χ4n) is 4.24. The number of nitrogens with one attached hydrogen (secondary N) is 1. The summed E-state index contributed by atoms with van der Waals surface area (Å²) >= 11 is 17.8. The Labute approximate surface area is 225 Å². The molecular formula is C26H31BrCl2N2O2S. The number of hydrogen-bond donors (Lipinski definition) is 1. The van der Waals surface area contributed by atoms with Crippen LogP contribution in [0.5, 0.6) is 0 Å². The molecule has 0 radical (unpaired) electrons. The van der Waals surface area contributed by atoms with Crippen molar-refractivity contribution in [3.63, 3.8) is 0 Å². The minimum Gasteiger partial charge on any atom is -0.352 e. The molecular weight excluding hydrogens is 555 g/mol. The van der Waals surface area contributed by atoms with E-state index in [2.05, 4.69) is 21.2 Å². The molecule has 1 aliphatic rings. The predicted molar refractivity (Wildman–Crippen MR) is 146 cm³/mol. The molecule has 184 valence electrons. The molecule has 0 bridgehead atoms. The van der Waals surface area contributed by atoms with E-state index in [1.165, 1.54) is 18.2 Å². The van der Waals surface area contributed by atoms with Crippen molar-refractivity contribution in [3.8, 4) is 0 Å². The molecule has 2 aromatic carbocycles. The van der Waals surface area contributed by atoms with Gasteiger partial charge in [0, 0.05) is 38.4 Å². The lowest BCUT2D eigenvalue weighted by Gasteiger charge is -2.33. The van der Waals surface area contributed by atoms with Crippen molar-refractivity contribution in [1.29, 1.82) is 0 Å². The molecule has 1 atom stereocenters. The molecule has 0 saturated heterocycles. The third-order valence-corrected chi connectivity index (χ3v) is 8.36. The maximum atomic E-state index is 13.4. The van der Waals surface area contributed by atoms with Crippen LogP contribution in [0.2, 0.25) is 10.0 Å². The fourth-order valence-corrected chi connectivity index (χ4v) is 5.89. The van der Waals surface area contributed by atoms with E-state index < -0.39 is 6.04 Å². The highest BCUT2D eigenvalue weighted by molar-refractivity contribution is 9.10. The van der Waals surface area contributed by atoms with Gasteiger partial charge in [-0.05, 0) is 49.1 Å². The molecule has 0 aromatic heterocycles. The number of hydrogen-bond acceptors (Lipinski definition) is 3. The molecule has 0 unspecified atom stereocenters. The van der Waals surface area contributed by atoms with E-state index in [1.54, 1.807) is 23.1 Å². The highest BCUT2D eigenvalue weighted by Crippen LogP contribution is 2.28. The number of carbonyl (C=O) groups is 2. The van der Waals surface area contributed by atoms with Crippen molar-refractivity contribution in [2.24, 2.45) is 0 Å². The van der Waals surface area contributed by atoms with Gasteiger partial charge in [0.25, 0.3) is 0 Å². The van der Waals surface area contributed by atoms with E-state index in [0.29, 0.717) is 27.8 Å². The van der Waals surface area contributed by atoms with Crippen molar-refractivity contribution in [3.05, 3.63) is 68.1 Å². The maximum Gasteiger partial charge on any atom is 0.243 e. The van der Waals surface area contributed by atoms with Gasteiger partial charge >= 0.3 is 0 Å². The number of nitrogens with zero attached hydrogens (tertiary/aromatic N) is 1. The Bertz CT molecular complexity index is 948. The summed E-state index contributed by atoms with van der Waals surface area (Å²) in [6.07, 6.45) is 5.99. The molecule has 1 fully saturated rings.